The number of carbonyl (C=O) groups is 1. The summed E-state index contributed by atoms with van der Waals surface area (Å²) in [6, 6.07) is 9.09. The number of halogens is 1. The number of benzene rings is 1. The Morgan fingerprint density at radius 3 is 2.89 bits per heavy atom. The van der Waals surface area contributed by atoms with E-state index in [2.05, 4.69) is 21.2 Å². The number of nitrogens with one attached hydrogen (secondary N) is 1. The molecule has 1 N–H and O–H groups in total. The van der Waals surface area contributed by atoms with Crippen LogP contribution in [0.5, 0.6) is 5.75 Å². The van der Waals surface area contributed by atoms with Crippen LogP contribution in [0.3, 0.4) is 0 Å². The highest BCUT2D eigenvalue weighted by Crippen LogP contribution is 2.19. The summed E-state index contributed by atoms with van der Waals surface area (Å²) >= 11 is 3.38. The fraction of sp³-hybridized carbons (Fsp3) is 0.214. The van der Waals surface area contributed by atoms with Crippen molar-refractivity contribution in [2.75, 3.05) is 12.4 Å². The summed E-state index contributed by atoms with van der Waals surface area (Å²) in [4.78, 5) is 12.2. The molecule has 0 bridgehead atoms. The average molecular weight is 323 g/mol. The van der Waals surface area contributed by atoms with E-state index in [1.807, 2.05) is 35.9 Å². The van der Waals surface area contributed by atoms with E-state index >= 15 is 0 Å². The first-order valence-electron chi connectivity index (χ1n) is 5.95. The van der Waals surface area contributed by atoms with Gasteiger partial charge in [-0.25, -0.2) is 0 Å². The van der Waals surface area contributed by atoms with Gasteiger partial charge in [-0.2, -0.15) is 0 Å². The Balaban J connectivity index is 2.20. The lowest BCUT2D eigenvalue weighted by atomic mass is 10.3. The van der Waals surface area contributed by atoms with Gasteiger partial charge >= 0.3 is 0 Å². The highest BCUT2D eigenvalue weighted by atomic mass is 79.9. The summed E-state index contributed by atoms with van der Waals surface area (Å²) in [5.74, 6) is 0.575. The van der Waals surface area contributed by atoms with Crippen LogP contribution in [0.15, 0.2) is 41.0 Å². The number of hydrogen-bond donors (Lipinski definition) is 1. The van der Waals surface area contributed by atoms with Crippen LogP contribution in [0.4, 0.5) is 5.69 Å². The summed E-state index contributed by atoms with van der Waals surface area (Å²) in [5.41, 5.74) is 1.33. The van der Waals surface area contributed by atoms with Gasteiger partial charge in [0.15, 0.2) is 0 Å². The summed E-state index contributed by atoms with van der Waals surface area (Å²) in [6.45, 7) is 2.74. The summed E-state index contributed by atoms with van der Waals surface area (Å²) < 4.78 is 7.91. The molecule has 0 atom stereocenters. The Morgan fingerprint density at radius 2 is 2.21 bits per heavy atom. The number of carbonyl (C=O) groups excluding carboxylic acids is 1. The lowest BCUT2D eigenvalue weighted by molar-refractivity contribution is 0.101. The largest absolute Gasteiger partial charge is 0.497 e. The number of amides is 1. The highest BCUT2D eigenvalue weighted by molar-refractivity contribution is 9.10. The lowest BCUT2D eigenvalue weighted by Crippen LogP contribution is -2.16. The predicted octanol–water partition coefficient (Wildman–Crippen LogP) is 3.53. The fourth-order valence-corrected chi connectivity index (χ4v) is 2.29. The van der Waals surface area contributed by atoms with Gasteiger partial charge in [-0.3, -0.25) is 4.79 Å². The zero-order valence-corrected chi connectivity index (χ0v) is 12.4. The molecule has 0 saturated carbocycles. The van der Waals surface area contributed by atoms with Crippen molar-refractivity contribution < 1.29 is 9.53 Å². The number of hydrogen-bond acceptors (Lipinski definition) is 2. The van der Waals surface area contributed by atoms with Gasteiger partial charge in [0.25, 0.3) is 5.91 Å². The second-order valence-corrected chi connectivity index (χ2v) is 4.93. The molecule has 2 aromatic rings. The van der Waals surface area contributed by atoms with Gasteiger partial charge in [0, 0.05) is 29.0 Å². The zero-order chi connectivity index (χ0) is 13.8. The molecule has 0 aliphatic carbocycles. The molecule has 1 heterocycles. The van der Waals surface area contributed by atoms with Crippen LogP contribution < -0.4 is 10.1 Å². The van der Waals surface area contributed by atoms with E-state index in [1.165, 1.54) is 0 Å². The van der Waals surface area contributed by atoms with Crippen molar-refractivity contribution in [1.82, 2.24) is 4.57 Å². The molecule has 2 rings (SSSR count). The van der Waals surface area contributed by atoms with Gasteiger partial charge in [-0.15, -0.1) is 0 Å². The van der Waals surface area contributed by atoms with Gasteiger partial charge in [0.2, 0.25) is 0 Å². The third-order valence-electron chi connectivity index (χ3n) is 2.76. The first-order valence-corrected chi connectivity index (χ1v) is 6.74. The van der Waals surface area contributed by atoms with E-state index in [-0.39, 0.29) is 5.91 Å². The maximum atomic E-state index is 12.2. The molecule has 1 amide bonds. The maximum Gasteiger partial charge on any atom is 0.272 e. The number of methoxy groups -OCH3 is 1. The van der Waals surface area contributed by atoms with Crippen molar-refractivity contribution in [3.8, 4) is 5.75 Å². The van der Waals surface area contributed by atoms with Gasteiger partial charge in [0.05, 0.1) is 7.11 Å². The molecule has 100 valence electrons. The molecule has 19 heavy (non-hydrogen) atoms. The van der Waals surface area contributed by atoms with Crippen molar-refractivity contribution in [1.29, 1.82) is 0 Å². The number of ether oxygens (including phenoxy) is 1. The van der Waals surface area contributed by atoms with Gasteiger partial charge < -0.3 is 14.6 Å². The van der Waals surface area contributed by atoms with E-state index in [1.54, 1.807) is 19.2 Å². The van der Waals surface area contributed by atoms with Crippen molar-refractivity contribution in [3.63, 3.8) is 0 Å². The summed E-state index contributed by atoms with van der Waals surface area (Å²) in [6.07, 6.45) is 1.89. The minimum Gasteiger partial charge on any atom is -0.497 e. The van der Waals surface area contributed by atoms with Crippen LogP contribution in [-0.2, 0) is 6.54 Å². The molecule has 0 saturated heterocycles. The molecule has 1 aromatic carbocycles. The Labute approximate surface area is 120 Å². The Kier molecular flexibility index (Phi) is 4.27. The van der Waals surface area contributed by atoms with Gasteiger partial charge in [0.1, 0.15) is 11.4 Å². The minimum atomic E-state index is -0.138. The smallest absolute Gasteiger partial charge is 0.272 e. The van der Waals surface area contributed by atoms with Crippen LogP contribution in [-0.4, -0.2) is 17.6 Å². The Hall–Kier alpha value is -1.75. The molecule has 4 nitrogen and oxygen atoms in total. The fourth-order valence-electron chi connectivity index (χ4n) is 1.82. The number of anilines is 1. The SMILES string of the molecule is CCn1cc(Br)cc1C(=O)Nc1cccc(OC)c1. The van der Waals surface area contributed by atoms with E-state index in [0.29, 0.717) is 17.1 Å². The van der Waals surface area contributed by atoms with E-state index in [0.717, 1.165) is 11.0 Å². The van der Waals surface area contributed by atoms with Gasteiger partial charge in [-0.1, -0.05) is 6.07 Å². The normalized spacial score (nSPS) is 10.3. The van der Waals surface area contributed by atoms with Crippen LogP contribution >= 0.6 is 15.9 Å². The molecular formula is C14H15BrN2O2. The highest BCUT2D eigenvalue weighted by Gasteiger charge is 2.12. The molecule has 0 unspecified atom stereocenters. The van der Waals surface area contributed by atoms with Gasteiger partial charge in [-0.05, 0) is 41.1 Å². The topological polar surface area (TPSA) is 43.3 Å². The van der Waals surface area contributed by atoms with Crippen LogP contribution in [0.25, 0.3) is 0 Å². The number of rotatable bonds is 4. The van der Waals surface area contributed by atoms with Crippen molar-refractivity contribution in [2.45, 2.75) is 13.5 Å². The summed E-state index contributed by atoms with van der Waals surface area (Å²) in [7, 11) is 1.60. The second-order valence-electron chi connectivity index (χ2n) is 4.02. The van der Waals surface area contributed by atoms with Crippen LogP contribution in [0, 0.1) is 0 Å². The van der Waals surface area contributed by atoms with Crippen LogP contribution in [0.2, 0.25) is 0 Å². The standard InChI is InChI=1S/C14H15BrN2O2/c1-3-17-9-10(15)7-13(17)14(18)16-11-5-4-6-12(8-11)19-2/h4-9H,3H2,1-2H3,(H,16,18). The summed E-state index contributed by atoms with van der Waals surface area (Å²) in [5, 5.41) is 2.86. The van der Waals surface area contributed by atoms with Crippen LogP contribution in [0.1, 0.15) is 17.4 Å². The predicted molar refractivity (Wildman–Crippen MR) is 78.8 cm³/mol. The zero-order valence-electron chi connectivity index (χ0n) is 10.8. The molecule has 5 heteroatoms. The van der Waals surface area contributed by atoms with Crippen molar-refractivity contribution >= 4 is 27.5 Å². The van der Waals surface area contributed by atoms with Crippen molar-refractivity contribution in [3.05, 3.63) is 46.7 Å². The minimum absolute atomic E-state index is 0.138. The third kappa shape index (κ3) is 3.17. The Morgan fingerprint density at radius 1 is 1.42 bits per heavy atom. The molecule has 0 radical (unpaired) electrons. The monoisotopic (exact) mass is 322 g/mol. The van der Waals surface area contributed by atoms with E-state index in [4.69, 9.17) is 4.74 Å². The molecule has 0 aliphatic heterocycles. The number of aryl methyl sites for hydroxylation is 1. The second kappa shape index (κ2) is 5.93. The third-order valence-corrected chi connectivity index (χ3v) is 3.20. The quantitative estimate of drug-likeness (QED) is 0.935. The lowest BCUT2D eigenvalue weighted by Gasteiger charge is -2.08. The first kappa shape index (κ1) is 13.7. The molecule has 0 fully saturated rings. The first-order chi connectivity index (χ1) is 9.13. The van der Waals surface area contributed by atoms with Crippen molar-refractivity contribution in [2.24, 2.45) is 0 Å². The molecule has 1 aromatic heterocycles. The molecule has 0 spiro atoms. The number of aromatic nitrogens is 1. The van der Waals surface area contributed by atoms with E-state index in [9.17, 15) is 4.79 Å². The maximum absolute atomic E-state index is 12.2. The number of nitrogens with zero attached hydrogens (tertiary/aromatic N) is 1. The Bertz CT molecular complexity index is 593. The molecular weight excluding hydrogens is 308 g/mol. The molecule has 0 aliphatic rings. The van der Waals surface area contributed by atoms with E-state index < -0.39 is 0 Å². The average Bonchev–Trinajstić information content (AvgIpc) is 2.80.